The Hall–Kier alpha value is -3.08. The van der Waals surface area contributed by atoms with Gasteiger partial charge in [-0.05, 0) is 37.5 Å². The number of hydrogen-bond acceptors (Lipinski definition) is 4. The summed E-state index contributed by atoms with van der Waals surface area (Å²) in [4.78, 5) is 16.7. The number of carbonyl (C=O) groups is 1. The molecule has 5 nitrogen and oxygen atoms in total. The minimum atomic E-state index is -0.239. The lowest BCUT2D eigenvalue weighted by Crippen LogP contribution is -2.33. The maximum atomic E-state index is 12.6. The Morgan fingerprint density at radius 1 is 1.19 bits per heavy atom. The number of methoxy groups -OCH3 is 1. The Kier molecular flexibility index (Phi) is 5.69. The third-order valence-corrected chi connectivity index (χ3v) is 4.20. The topological polar surface area (TPSA) is 64.4 Å². The van der Waals surface area contributed by atoms with Crippen LogP contribution in [0.2, 0.25) is 0 Å². The van der Waals surface area contributed by atoms with E-state index in [1.807, 2.05) is 49.4 Å². The second kappa shape index (κ2) is 8.34. The number of rotatable bonds is 7. The van der Waals surface area contributed by atoms with Crippen molar-refractivity contribution in [3.63, 3.8) is 0 Å². The molecule has 0 aliphatic carbocycles. The first-order valence-corrected chi connectivity index (χ1v) is 8.60. The van der Waals surface area contributed by atoms with Crippen LogP contribution >= 0.6 is 0 Å². The summed E-state index contributed by atoms with van der Waals surface area (Å²) < 4.78 is 10.7. The molecule has 0 aliphatic rings. The van der Waals surface area contributed by atoms with Crippen molar-refractivity contribution in [1.82, 2.24) is 10.3 Å². The van der Waals surface area contributed by atoms with Gasteiger partial charge in [-0.15, -0.1) is 0 Å². The van der Waals surface area contributed by atoms with E-state index in [-0.39, 0.29) is 17.6 Å². The molecule has 0 fully saturated rings. The van der Waals surface area contributed by atoms with E-state index >= 15 is 0 Å². The number of carbonyl (C=O) groups excluding carboxylic acids is 1. The van der Waals surface area contributed by atoms with E-state index in [9.17, 15) is 4.79 Å². The molecule has 2 aromatic carbocycles. The molecule has 0 aliphatic heterocycles. The Balaban J connectivity index is 1.66. The molecule has 0 spiro atoms. The normalized spacial score (nSPS) is 11.8. The fourth-order valence-electron chi connectivity index (χ4n) is 2.77. The number of nitrogens with one attached hydrogen (secondary N) is 1. The standard InChI is InChI=1S/C21H22N2O3/c1-15(11-12-16-7-4-3-5-8-16)23-21(24)19-20(26-14-22-19)17-9-6-10-18(13-17)25-2/h3-10,13-15H,11-12H2,1-2H3,(H,23,24)/t15-/m0/s1. The van der Waals surface area contributed by atoms with Crippen LogP contribution in [0.1, 0.15) is 29.4 Å². The minimum absolute atomic E-state index is 0.0255. The van der Waals surface area contributed by atoms with Crippen molar-refractivity contribution in [2.75, 3.05) is 7.11 Å². The number of aryl methyl sites for hydroxylation is 1. The molecule has 1 atom stereocenters. The van der Waals surface area contributed by atoms with Crippen molar-refractivity contribution in [2.24, 2.45) is 0 Å². The average Bonchev–Trinajstić information content (AvgIpc) is 3.17. The highest BCUT2D eigenvalue weighted by Crippen LogP contribution is 2.26. The largest absolute Gasteiger partial charge is 0.497 e. The number of hydrogen-bond donors (Lipinski definition) is 1. The lowest BCUT2D eigenvalue weighted by molar-refractivity contribution is 0.0934. The molecule has 1 N–H and O–H groups in total. The van der Waals surface area contributed by atoms with Crippen LogP contribution in [0.4, 0.5) is 0 Å². The molecule has 1 heterocycles. The third-order valence-electron chi connectivity index (χ3n) is 4.20. The highest BCUT2D eigenvalue weighted by molar-refractivity contribution is 5.97. The Bertz CT molecular complexity index is 858. The van der Waals surface area contributed by atoms with E-state index in [4.69, 9.17) is 9.15 Å². The van der Waals surface area contributed by atoms with E-state index < -0.39 is 0 Å². The lowest BCUT2D eigenvalue weighted by Gasteiger charge is -2.13. The van der Waals surface area contributed by atoms with Gasteiger partial charge in [-0.25, -0.2) is 4.98 Å². The van der Waals surface area contributed by atoms with E-state index in [0.29, 0.717) is 11.5 Å². The Labute approximate surface area is 153 Å². The molecular formula is C21H22N2O3. The number of oxazole rings is 1. The van der Waals surface area contributed by atoms with Crippen molar-refractivity contribution >= 4 is 5.91 Å². The summed E-state index contributed by atoms with van der Waals surface area (Å²) in [6.45, 7) is 1.99. The molecule has 134 valence electrons. The fraction of sp³-hybridized carbons (Fsp3) is 0.238. The molecular weight excluding hydrogens is 328 g/mol. The van der Waals surface area contributed by atoms with Gasteiger partial charge < -0.3 is 14.5 Å². The predicted molar refractivity (Wildman–Crippen MR) is 100 cm³/mol. The van der Waals surface area contributed by atoms with Gasteiger partial charge in [0.25, 0.3) is 5.91 Å². The molecule has 26 heavy (non-hydrogen) atoms. The van der Waals surface area contributed by atoms with Gasteiger partial charge in [0, 0.05) is 11.6 Å². The maximum Gasteiger partial charge on any atom is 0.274 e. The molecule has 3 aromatic rings. The van der Waals surface area contributed by atoms with Gasteiger partial charge in [-0.2, -0.15) is 0 Å². The highest BCUT2D eigenvalue weighted by atomic mass is 16.5. The Morgan fingerprint density at radius 2 is 2.00 bits per heavy atom. The average molecular weight is 350 g/mol. The van der Waals surface area contributed by atoms with Crippen LogP contribution in [0.15, 0.2) is 65.4 Å². The van der Waals surface area contributed by atoms with E-state index in [1.165, 1.54) is 12.0 Å². The van der Waals surface area contributed by atoms with Gasteiger partial charge >= 0.3 is 0 Å². The summed E-state index contributed by atoms with van der Waals surface area (Å²) in [7, 11) is 1.60. The molecule has 0 saturated carbocycles. The second-order valence-electron chi connectivity index (χ2n) is 6.16. The van der Waals surface area contributed by atoms with E-state index in [1.54, 1.807) is 7.11 Å². The smallest absolute Gasteiger partial charge is 0.274 e. The number of aromatic nitrogens is 1. The van der Waals surface area contributed by atoms with Gasteiger partial charge in [-0.3, -0.25) is 4.79 Å². The predicted octanol–water partition coefficient (Wildman–Crippen LogP) is 4.10. The van der Waals surface area contributed by atoms with Crippen molar-refractivity contribution in [3.05, 3.63) is 72.2 Å². The van der Waals surface area contributed by atoms with Crippen LogP contribution in [0.25, 0.3) is 11.3 Å². The zero-order valence-corrected chi connectivity index (χ0v) is 14.9. The summed E-state index contributed by atoms with van der Waals surface area (Å²) in [5.74, 6) is 0.898. The van der Waals surface area contributed by atoms with Crippen LogP contribution < -0.4 is 10.1 Å². The first-order valence-electron chi connectivity index (χ1n) is 8.60. The zero-order chi connectivity index (χ0) is 18.4. The number of benzene rings is 2. The molecule has 0 radical (unpaired) electrons. The quantitative estimate of drug-likeness (QED) is 0.697. The lowest BCUT2D eigenvalue weighted by atomic mass is 10.1. The molecule has 0 bridgehead atoms. The summed E-state index contributed by atoms with van der Waals surface area (Å²) in [6.07, 6.45) is 3.05. The van der Waals surface area contributed by atoms with Gasteiger partial charge in [0.2, 0.25) is 0 Å². The Morgan fingerprint density at radius 3 is 2.77 bits per heavy atom. The number of ether oxygens (including phenoxy) is 1. The number of nitrogens with zero attached hydrogens (tertiary/aromatic N) is 1. The van der Waals surface area contributed by atoms with E-state index in [2.05, 4.69) is 22.4 Å². The first-order chi connectivity index (χ1) is 12.7. The molecule has 0 saturated heterocycles. The summed E-state index contributed by atoms with van der Waals surface area (Å²) >= 11 is 0. The molecule has 0 unspecified atom stereocenters. The molecule has 1 aromatic heterocycles. The van der Waals surface area contributed by atoms with Crippen LogP contribution in [0.3, 0.4) is 0 Å². The van der Waals surface area contributed by atoms with Crippen molar-refractivity contribution in [1.29, 1.82) is 0 Å². The number of amides is 1. The van der Waals surface area contributed by atoms with Gasteiger partial charge in [0.1, 0.15) is 5.75 Å². The molecule has 5 heteroatoms. The van der Waals surface area contributed by atoms with Crippen LogP contribution in [0.5, 0.6) is 5.75 Å². The summed E-state index contributed by atoms with van der Waals surface area (Å²) in [6, 6.07) is 17.6. The minimum Gasteiger partial charge on any atom is -0.497 e. The van der Waals surface area contributed by atoms with Gasteiger partial charge in [0.05, 0.1) is 7.11 Å². The van der Waals surface area contributed by atoms with Crippen LogP contribution in [0, 0.1) is 0 Å². The maximum absolute atomic E-state index is 12.6. The summed E-state index contributed by atoms with van der Waals surface area (Å²) in [5.41, 5.74) is 2.29. The van der Waals surface area contributed by atoms with Crippen molar-refractivity contribution < 1.29 is 13.9 Å². The fourth-order valence-corrected chi connectivity index (χ4v) is 2.77. The zero-order valence-electron chi connectivity index (χ0n) is 14.9. The SMILES string of the molecule is COc1cccc(-c2ocnc2C(=O)N[C@@H](C)CCc2ccccc2)c1. The van der Waals surface area contributed by atoms with Crippen molar-refractivity contribution in [3.8, 4) is 17.1 Å². The first kappa shape index (κ1) is 17.7. The third kappa shape index (κ3) is 4.30. The van der Waals surface area contributed by atoms with Crippen molar-refractivity contribution in [2.45, 2.75) is 25.8 Å². The summed E-state index contributed by atoms with van der Waals surface area (Å²) in [5, 5.41) is 3.00. The monoisotopic (exact) mass is 350 g/mol. The highest BCUT2D eigenvalue weighted by Gasteiger charge is 2.20. The second-order valence-corrected chi connectivity index (χ2v) is 6.16. The van der Waals surface area contributed by atoms with Gasteiger partial charge in [-0.1, -0.05) is 42.5 Å². The van der Waals surface area contributed by atoms with Gasteiger partial charge in [0.15, 0.2) is 17.8 Å². The van der Waals surface area contributed by atoms with Crippen LogP contribution in [-0.2, 0) is 6.42 Å². The molecule has 1 amide bonds. The van der Waals surface area contributed by atoms with Crippen LogP contribution in [-0.4, -0.2) is 24.0 Å². The van der Waals surface area contributed by atoms with E-state index in [0.717, 1.165) is 18.4 Å². The molecule has 3 rings (SSSR count).